The zero-order valence-electron chi connectivity index (χ0n) is 6.77. The van der Waals surface area contributed by atoms with E-state index in [-0.39, 0.29) is 16.9 Å². The largest absolute Gasteiger partial charge is 0.294 e. The lowest BCUT2D eigenvalue weighted by Gasteiger charge is -2.01. The molecule has 0 spiro atoms. The van der Waals surface area contributed by atoms with Crippen molar-refractivity contribution in [2.45, 2.75) is 6.92 Å². The molecule has 2 nitrogen and oxygen atoms in total. The summed E-state index contributed by atoms with van der Waals surface area (Å²) in [6, 6.07) is 4.63. The van der Waals surface area contributed by atoms with Gasteiger partial charge in [0.2, 0.25) is 0 Å². The van der Waals surface area contributed by atoms with Crippen LogP contribution in [-0.4, -0.2) is 5.78 Å². The third-order valence-electron chi connectivity index (χ3n) is 1.59. The van der Waals surface area contributed by atoms with Crippen LogP contribution in [0.5, 0.6) is 0 Å². The van der Waals surface area contributed by atoms with E-state index in [4.69, 9.17) is 5.26 Å². The van der Waals surface area contributed by atoms with Gasteiger partial charge in [-0.2, -0.15) is 5.26 Å². The van der Waals surface area contributed by atoms with E-state index in [1.54, 1.807) is 28.7 Å². The molecule has 0 amide bonds. The Morgan fingerprint density at radius 2 is 2.23 bits per heavy atom. The summed E-state index contributed by atoms with van der Waals surface area (Å²) in [6.45, 7) is 1.31. The molecule has 0 N–H and O–H groups in total. The second kappa shape index (κ2) is 3.83. The van der Waals surface area contributed by atoms with Gasteiger partial charge in [0.05, 0.1) is 9.13 Å². The third-order valence-corrected chi connectivity index (χ3v) is 2.42. The first kappa shape index (κ1) is 10.1. The Morgan fingerprint density at radius 3 is 2.69 bits per heavy atom. The van der Waals surface area contributed by atoms with Gasteiger partial charge in [0.1, 0.15) is 6.07 Å². The highest BCUT2D eigenvalue weighted by Crippen LogP contribution is 2.18. The molecule has 0 saturated carbocycles. The highest BCUT2D eigenvalue weighted by atomic mass is 127. The zero-order valence-corrected chi connectivity index (χ0v) is 8.92. The van der Waals surface area contributed by atoms with Crippen LogP contribution in [0.15, 0.2) is 12.1 Å². The molecule has 0 aliphatic rings. The number of ketones is 1. The molecular weight excluding hydrogens is 284 g/mol. The smallest absolute Gasteiger partial charge is 0.161 e. The van der Waals surface area contributed by atoms with Gasteiger partial charge in [0.25, 0.3) is 0 Å². The molecule has 0 bridgehead atoms. The number of carbonyl (C=O) groups excluding carboxylic acids is 1. The van der Waals surface area contributed by atoms with Crippen molar-refractivity contribution in [1.82, 2.24) is 0 Å². The van der Waals surface area contributed by atoms with Gasteiger partial charge in [0, 0.05) is 5.56 Å². The van der Waals surface area contributed by atoms with Crippen LogP contribution in [0, 0.1) is 20.7 Å². The number of rotatable bonds is 1. The Balaban J connectivity index is 3.50. The van der Waals surface area contributed by atoms with E-state index in [1.807, 2.05) is 0 Å². The Hall–Kier alpha value is -0.960. The van der Waals surface area contributed by atoms with Crippen molar-refractivity contribution in [2.75, 3.05) is 0 Å². The van der Waals surface area contributed by atoms with Crippen LogP contribution in [0.4, 0.5) is 4.39 Å². The first-order chi connectivity index (χ1) is 6.07. The number of halogens is 2. The molecule has 0 atom stereocenters. The number of nitriles is 1. The minimum absolute atomic E-state index is 0.139. The highest BCUT2D eigenvalue weighted by Gasteiger charge is 2.13. The van der Waals surface area contributed by atoms with Gasteiger partial charge in [0.15, 0.2) is 11.6 Å². The number of hydrogen-bond donors (Lipinski definition) is 0. The molecule has 4 heteroatoms. The first-order valence-corrected chi connectivity index (χ1v) is 4.55. The van der Waals surface area contributed by atoms with Gasteiger partial charge >= 0.3 is 0 Å². The molecule has 0 saturated heterocycles. The molecule has 1 rings (SSSR count). The predicted molar refractivity (Wildman–Crippen MR) is 53.8 cm³/mol. The summed E-state index contributed by atoms with van der Waals surface area (Å²) in [6.07, 6.45) is 0. The van der Waals surface area contributed by atoms with E-state index in [9.17, 15) is 9.18 Å². The van der Waals surface area contributed by atoms with Crippen molar-refractivity contribution in [1.29, 1.82) is 5.26 Å². The number of carbonyl (C=O) groups is 1. The molecule has 1 aromatic carbocycles. The van der Waals surface area contributed by atoms with E-state index in [1.165, 1.54) is 19.1 Å². The van der Waals surface area contributed by atoms with Crippen LogP contribution in [0.2, 0.25) is 0 Å². The molecule has 0 unspecified atom stereocenters. The number of nitrogens with zero attached hydrogens (tertiary/aromatic N) is 1. The van der Waals surface area contributed by atoms with Crippen LogP contribution in [0.25, 0.3) is 0 Å². The molecule has 0 aliphatic heterocycles. The van der Waals surface area contributed by atoms with Crippen molar-refractivity contribution < 1.29 is 9.18 Å². The van der Waals surface area contributed by atoms with Crippen LogP contribution in [0.1, 0.15) is 22.8 Å². The normalized spacial score (nSPS) is 9.38. The lowest BCUT2D eigenvalue weighted by Crippen LogP contribution is -2.00. The van der Waals surface area contributed by atoms with Gasteiger partial charge < -0.3 is 0 Å². The van der Waals surface area contributed by atoms with E-state index in [2.05, 4.69) is 0 Å². The van der Waals surface area contributed by atoms with E-state index in [0.29, 0.717) is 3.57 Å². The summed E-state index contributed by atoms with van der Waals surface area (Å²) >= 11 is 1.78. The summed E-state index contributed by atoms with van der Waals surface area (Å²) in [5.74, 6) is -0.914. The average molecular weight is 289 g/mol. The first-order valence-electron chi connectivity index (χ1n) is 3.47. The molecular formula is C9H5FINO. The SMILES string of the molecule is CC(=O)c1ccc(I)c(F)c1C#N. The van der Waals surface area contributed by atoms with Crippen LogP contribution in [0.3, 0.4) is 0 Å². The lowest BCUT2D eigenvalue weighted by atomic mass is 10.1. The molecule has 1 aromatic rings. The summed E-state index contributed by atoms with van der Waals surface area (Å²) in [7, 11) is 0. The monoisotopic (exact) mass is 289 g/mol. The Bertz CT molecular complexity index is 409. The highest BCUT2D eigenvalue weighted by molar-refractivity contribution is 14.1. The van der Waals surface area contributed by atoms with Gasteiger partial charge in [-0.05, 0) is 41.6 Å². The third kappa shape index (κ3) is 1.86. The van der Waals surface area contributed by atoms with Crippen LogP contribution < -0.4 is 0 Å². The zero-order chi connectivity index (χ0) is 10.0. The Morgan fingerprint density at radius 1 is 1.62 bits per heavy atom. The molecule has 0 heterocycles. The summed E-state index contributed by atoms with van der Waals surface area (Å²) in [5.41, 5.74) is -0.0279. The summed E-state index contributed by atoms with van der Waals surface area (Å²) < 4.78 is 13.6. The van der Waals surface area contributed by atoms with Crippen molar-refractivity contribution >= 4 is 28.4 Å². The quantitative estimate of drug-likeness (QED) is 0.588. The number of benzene rings is 1. The summed E-state index contributed by atoms with van der Waals surface area (Å²) in [4.78, 5) is 11.0. The Kier molecular flexibility index (Phi) is 2.98. The fourth-order valence-corrected chi connectivity index (χ4v) is 1.40. The van der Waals surface area contributed by atoms with Crippen molar-refractivity contribution in [3.63, 3.8) is 0 Å². The molecule has 0 aromatic heterocycles. The number of hydrogen-bond acceptors (Lipinski definition) is 2. The lowest BCUT2D eigenvalue weighted by molar-refractivity contribution is 0.101. The minimum Gasteiger partial charge on any atom is -0.294 e. The van der Waals surface area contributed by atoms with Crippen molar-refractivity contribution in [3.05, 3.63) is 32.6 Å². The second-order valence-corrected chi connectivity index (χ2v) is 3.61. The minimum atomic E-state index is -0.615. The molecule has 0 radical (unpaired) electrons. The Labute approximate surface area is 88.5 Å². The van der Waals surface area contributed by atoms with E-state index >= 15 is 0 Å². The maximum Gasteiger partial charge on any atom is 0.161 e. The van der Waals surface area contributed by atoms with Crippen LogP contribution in [-0.2, 0) is 0 Å². The van der Waals surface area contributed by atoms with Crippen LogP contribution >= 0.6 is 22.6 Å². The maximum atomic E-state index is 13.2. The fourth-order valence-electron chi connectivity index (χ4n) is 0.953. The molecule has 0 aliphatic carbocycles. The average Bonchev–Trinajstić information content (AvgIpc) is 2.09. The number of Topliss-reactive ketones (excluding diaryl/α,β-unsaturated/α-hetero) is 1. The molecule has 66 valence electrons. The topological polar surface area (TPSA) is 40.9 Å². The van der Waals surface area contributed by atoms with Gasteiger partial charge in [-0.25, -0.2) is 4.39 Å². The molecule has 0 fully saturated rings. The standard InChI is InChI=1S/C9H5FINO/c1-5(13)6-2-3-8(11)9(10)7(6)4-12/h2-3H,1H3. The van der Waals surface area contributed by atoms with Gasteiger partial charge in [-0.3, -0.25) is 4.79 Å². The van der Waals surface area contributed by atoms with Crippen molar-refractivity contribution in [3.8, 4) is 6.07 Å². The van der Waals surface area contributed by atoms with E-state index < -0.39 is 5.82 Å². The van der Waals surface area contributed by atoms with Crippen molar-refractivity contribution in [2.24, 2.45) is 0 Å². The fraction of sp³-hybridized carbons (Fsp3) is 0.111. The maximum absolute atomic E-state index is 13.2. The predicted octanol–water partition coefficient (Wildman–Crippen LogP) is 2.50. The van der Waals surface area contributed by atoms with Gasteiger partial charge in [-0.1, -0.05) is 0 Å². The van der Waals surface area contributed by atoms with Gasteiger partial charge in [-0.15, -0.1) is 0 Å². The summed E-state index contributed by atoms with van der Waals surface area (Å²) in [5, 5.41) is 8.63. The van der Waals surface area contributed by atoms with E-state index in [0.717, 1.165) is 0 Å². The molecule has 13 heavy (non-hydrogen) atoms. The second-order valence-electron chi connectivity index (χ2n) is 2.45.